The second-order valence-electron chi connectivity index (χ2n) is 4.63. The van der Waals surface area contributed by atoms with Crippen molar-refractivity contribution in [2.75, 3.05) is 13.6 Å². The fourth-order valence-electron chi connectivity index (χ4n) is 1.36. The maximum absolute atomic E-state index is 11.9. The van der Waals surface area contributed by atoms with E-state index in [0.29, 0.717) is 19.0 Å². The van der Waals surface area contributed by atoms with Gasteiger partial charge in [-0.3, -0.25) is 0 Å². The quantitative estimate of drug-likeness (QED) is 0.868. The van der Waals surface area contributed by atoms with E-state index < -0.39 is 10.2 Å². The molecule has 1 rings (SSSR count). The number of benzene rings is 1. The lowest BCUT2D eigenvalue weighted by Crippen LogP contribution is -2.39. The Morgan fingerprint density at radius 1 is 1.39 bits per heavy atom. The summed E-state index contributed by atoms with van der Waals surface area (Å²) in [5.74, 6) is 0.291. The Hall–Kier alpha value is -0.430. The van der Waals surface area contributed by atoms with Crippen LogP contribution in [0.25, 0.3) is 0 Å². The van der Waals surface area contributed by atoms with E-state index >= 15 is 0 Å². The van der Waals surface area contributed by atoms with Crippen LogP contribution in [0.3, 0.4) is 0 Å². The molecule has 18 heavy (non-hydrogen) atoms. The van der Waals surface area contributed by atoms with Gasteiger partial charge in [-0.25, -0.2) is 4.72 Å². The fraction of sp³-hybridized carbons (Fsp3) is 0.500. The van der Waals surface area contributed by atoms with Gasteiger partial charge in [-0.15, -0.1) is 0 Å². The minimum absolute atomic E-state index is 0.291. The maximum atomic E-state index is 11.9. The molecule has 1 N–H and O–H groups in total. The Bertz CT molecular complexity index is 489. The molecular formula is C12H19BrN2O2S. The molecule has 0 aromatic heterocycles. The third-order valence-electron chi connectivity index (χ3n) is 2.38. The molecular weight excluding hydrogens is 316 g/mol. The first-order valence-corrected chi connectivity index (χ1v) is 8.00. The minimum atomic E-state index is -3.40. The Morgan fingerprint density at radius 2 is 2.06 bits per heavy atom. The number of nitrogens with zero attached hydrogens (tertiary/aromatic N) is 1. The summed E-state index contributed by atoms with van der Waals surface area (Å²) in [6.07, 6.45) is 0. The smallest absolute Gasteiger partial charge is 0.202 e. The van der Waals surface area contributed by atoms with Gasteiger partial charge in [-0.2, -0.15) is 12.7 Å². The molecule has 0 atom stereocenters. The summed E-state index contributed by atoms with van der Waals surface area (Å²) in [4.78, 5) is 0. The standard InChI is InChI=1S/C12H19BrN2O2S/c1-10(2)8-14-18(16,17)15(3)9-11-5-4-6-12(13)7-11/h4-7,10,14H,8-9H2,1-3H3. The monoisotopic (exact) mass is 334 g/mol. The average Bonchev–Trinajstić information content (AvgIpc) is 2.26. The molecule has 0 saturated heterocycles. The Morgan fingerprint density at radius 3 is 2.61 bits per heavy atom. The zero-order chi connectivity index (χ0) is 13.8. The number of halogens is 1. The van der Waals surface area contributed by atoms with Crippen LogP contribution in [0.2, 0.25) is 0 Å². The molecule has 4 nitrogen and oxygen atoms in total. The van der Waals surface area contributed by atoms with Gasteiger partial charge in [0, 0.05) is 24.6 Å². The van der Waals surface area contributed by atoms with Crippen molar-refractivity contribution in [3.05, 3.63) is 34.3 Å². The molecule has 0 spiro atoms. The van der Waals surface area contributed by atoms with Gasteiger partial charge >= 0.3 is 0 Å². The highest BCUT2D eigenvalue weighted by Crippen LogP contribution is 2.13. The lowest BCUT2D eigenvalue weighted by molar-refractivity contribution is 0.449. The molecule has 1 aromatic rings. The molecule has 1 aromatic carbocycles. The predicted molar refractivity (Wildman–Crippen MR) is 77.4 cm³/mol. The van der Waals surface area contributed by atoms with E-state index in [-0.39, 0.29) is 0 Å². The molecule has 0 fully saturated rings. The highest BCUT2D eigenvalue weighted by molar-refractivity contribution is 9.10. The average molecular weight is 335 g/mol. The van der Waals surface area contributed by atoms with E-state index in [4.69, 9.17) is 0 Å². The van der Waals surface area contributed by atoms with E-state index in [2.05, 4.69) is 20.7 Å². The van der Waals surface area contributed by atoms with E-state index in [1.54, 1.807) is 7.05 Å². The van der Waals surface area contributed by atoms with Crippen LogP contribution < -0.4 is 4.72 Å². The first kappa shape index (κ1) is 15.6. The van der Waals surface area contributed by atoms with Crippen LogP contribution in [0.4, 0.5) is 0 Å². The summed E-state index contributed by atoms with van der Waals surface area (Å²) in [5.41, 5.74) is 0.946. The molecule has 0 aliphatic carbocycles. The lowest BCUT2D eigenvalue weighted by atomic mass is 10.2. The van der Waals surface area contributed by atoms with Crippen molar-refractivity contribution < 1.29 is 8.42 Å². The number of rotatable bonds is 6. The van der Waals surface area contributed by atoms with Gasteiger partial charge in [0.15, 0.2) is 0 Å². The highest BCUT2D eigenvalue weighted by Gasteiger charge is 2.17. The fourth-order valence-corrected chi connectivity index (χ4v) is 2.89. The van der Waals surface area contributed by atoms with E-state index in [1.165, 1.54) is 4.31 Å². The Labute approximate surface area is 118 Å². The second-order valence-corrected chi connectivity index (χ2v) is 7.41. The second kappa shape index (κ2) is 6.65. The normalized spacial score (nSPS) is 12.3. The van der Waals surface area contributed by atoms with E-state index in [1.807, 2.05) is 38.1 Å². The predicted octanol–water partition coefficient (Wildman–Crippen LogP) is 2.37. The van der Waals surface area contributed by atoms with Crippen LogP contribution in [-0.2, 0) is 16.8 Å². The zero-order valence-electron chi connectivity index (χ0n) is 10.9. The molecule has 6 heteroatoms. The number of hydrogen-bond acceptors (Lipinski definition) is 2. The molecule has 0 aliphatic rings. The first-order valence-electron chi connectivity index (χ1n) is 5.76. The van der Waals surface area contributed by atoms with Gasteiger partial charge in [0.2, 0.25) is 0 Å². The lowest BCUT2D eigenvalue weighted by Gasteiger charge is -2.18. The molecule has 0 saturated carbocycles. The van der Waals surface area contributed by atoms with Gasteiger partial charge in [-0.1, -0.05) is 41.9 Å². The molecule has 0 amide bonds. The minimum Gasteiger partial charge on any atom is -0.202 e. The van der Waals surface area contributed by atoms with Crippen LogP contribution >= 0.6 is 15.9 Å². The van der Waals surface area contributed by atoms with Crippen LogP contribution in [0, 0.1) is 5.92 Å². The summed E-state index contributed by atoms with van der Waals surface area (Å²) in [5, 5.41) is 0. The van der Waals surface area contributed by atoms with Crippen LogP contribution in [0.15, 0.2) is 28.7 Å². The van der Waals surface area contributed by atoms with Crippen molar-refractivity contribution in [2.45, 2.75) is 20.4 Å². The van der Waals surface area contributed by atoms with E-state index in [0.717, 1.165) is 10.0 Å². The molecule has 0 unspecified atom stereocenters. The van der Waals surface area contributed by atoms with Gasteiger partial charge < -0.3 is 0 Å². The molecule has 102 valence electrons. The molecule has 0 radical (unpaired) electrons. The first-order chi connectivity index (χ1) is 8.31. The molecule has 0 aliphatic heterocycles. The van der Waals surface area contributed by atoms with Crippen LogP contribution in [-0.4, -0.2) is 26.3 Å². The van der Waals surface area contributed by atoms with Crippen molar-refractivity contribution in [3.8, 4) is 0 Å². The van der Waals surface area contributed by atoms with Gasteiger partial charge in [-0.05, 0) is 23.6 Å². The number of nitrogens with one attached hydrogen (secondary N) is 1. The highest BCUT2D eigenvalue weighted by atomic mass is 79.9. The van der Waals surface area contributed by atoms with Crippen LogP contribution in [0.1, 0.15) is 19.4 Å². The summed E-state index contributed by atoms with van der Waals surface area (Å²) in [6.45, 7) is 4.74. The van der Waals surface area contributed by atoms with Gasteiger partial charge in [0.25, 0.3) is 10.2 Å². The summed E-state index contributed by atoms with van der Waals surface area (Å²) in [7, 11) is -1.83. The number of hydrogen-bond donors (Lipinski definition) is 1. The summed E-state index contributed by atoms with van der Waals surface area (Å²) >= 11 is 3.37. The third kappa shape index (κ3) is 5.06. The maximum Gasteiger partial charge on any atom is 0.279 e. The topological polar surface area (TPSA) is 49.4 Å². The van der Waals surface area contributed by atoms with Crippen molar-refractivity contribution in [3.63, 3.8) is 0 Å². The van der Waals surface area contributed by atoms with E-state index in [9.17, 15) is 8.42 Å². The van der Waals surface area contributed by atoms with Crippen molar-refractivity contribution >= 4 is 26.1 Å². The van der Waals surface area contributed by atoms with Gasteiger partial charge in [0.05, 0.1) is 0 Å². The SMILES string of the molecule is CC(C)CNS(=O)(=O)N(C)Cc1cccc(Br)c1. The third-order valence-corrected chi connectivity index (χ3v) is 4.35. The van der Waals surface area contributed by atoms with Crippen molar-refractivity contribution in [1.82, 2.24) is 9.03 Å². The summed E-state index contributed by atoms with van der Waals surface area (Å²) < 4.78 is 28.7. The molecule has 0 bridgehead atoms. The van der Waals surface area contributed by atoms with Crippen molar-refractivity contribution in [1.29, 1.82) is 0 Å². The largest absolute Gasteiger partial charge is 0.279 e. The van der Waals surface area contributed by atoms with Crippen molar-refractivity contribution in [2.24, 2.45) is 5.92 Å². The Kier molecular flexibility index (Phi) is 5.78. The summed E-state index contributed by atoms with van der Waals surface area (Å²) in [6, 6.07) is 7.62. The van der Waals surface area contributed by atoms with Gasteiger partial charge in [0.1, 0.15) is 0 Å². The zero-order valence-corrected chi connectivity index (χ0v) is 13.3. The molecule has 0 heterocycles. The van der Waals surface area contributed by atoms with Crippen LogP contribution in [0.5, 0.6) is 0 Å². The Balaban J connectivity index is 2.67.